The maximum Gasteiger partial charge on any atom is 1.00 e. The predicted molar refractivity (Wildman–Crippen MR) is 64.8 cm³/mol. The van der Waals surface area contributed by atoms with E-state index >= 15 is 0 Å². The standard InChI is InChI=1S/C9H7N.C5H4N.Cu/c1-2-6-9-8(4-1)5-3-7-10-9;1-2-4-6-5-3-1;/h1-7H;1-4H;/q;-1;+1. The average Bonchev–Trinajstić information content (AvgIpc) is 2.42. The molecular formula is C14H11CuN2. The van der Waals surface area contributed by atoms with Crippen LogP contribution in [0.2, 0.25) is 0 Å². The first-order valence-corrected chi connectivity index (χ1v) is 5.03. The van der Waals surface area contributed by atoms with E-state index in [-0.39, 0.29) is 17.1 Å². The minimum atomic E-state index is 0. The Kier molecular flexibility index (Phi) is 5.94. The fraction of sp³-hybridized carbons (Fsp3) is 0. The van der Waals surface area contributed by atoms with Crippen molar-refractivity contribution in [1.82, 2.24) is 9.97 Å². The minimum Gasteiger partial charge on any atom is -0.394 e. The van der Waals surface area contributed by atoms with Crippen LogP contribution in [-0.2, 0) is 17.1 Å². The Bertz CT molecular complexity index is 449. The van der Waals surface area contributed by atoms with Crippen LogP contribution in [-0.4, -0.2) is 9.97 Å². The molecule has 0 unspecified atom stereocenters. The van der Waals surface area contributed by atoms with Crippen LogP contribution in [0, 0.1) is 6.20 Å². The zero-order valence-electron chi connectivity index (χ0n) is 9.05. The van der Waals surface area contributed by atoms with Gasteiger partial charge < -0.3 is 4.98 Å². The molecule has 88 valence electrons. The largest absolute Gasteiger partial charge is 1.00 e. The summed E-state index contributed by atoms with van der Waals surface area (Å²) in [5.41, 5.74) is 1.06. The zero-order valence-corrected chi connectivity index (χ0v) is 9.99. The van der Waals surface area contributed by atoms with Gasteiger partial charge in [-0.05, 0) is 12.1 Å². The van der Waals surface area contributed by atoms with E-state index in [1.54, 1.807) is 12.3 Å². The van der Waals surface area contributed by atoms with Crippen molar-refractivity contribution in [2.45, 2.75) is 0 Å². The molecule has 0 bridgehead atoms. The van der Waals surface area contributed by atoms with Crippen LogP contribution >= 0.6 is 0 Å². The van der Waals surface area contributed by atoms with E-state index in [4.69, 9.17) is 0 Å². The molecule has 0 fully saturated rings. The number of nitrogens with zero attached hydrogens (tertiary/aromatic N) is 2. The summed E-state index contributed by atoms with van der Waals surface area (Å²) in [5, 5.41) is 1.20. The van der Waals surface area contributed by atoms with E-state index in [0.717, 1.165) is 5.52 Å². The Balaban J connectivity index is 0.000000180. The molecule has 0 amide bonds. The first-order valence-electron chi connectivity index (χ1n) is 5.03. The summed E-state index contributed by atoms with van der Waals surface area (Å²) in [7, 11) is 0. The number of para-hydroxylation sites is 1. The number of pyridine rings is 2. The molecule has 3 aromatic rings. The van der Waals surface area contributed by atoms with Crippen LogP contribution in [0.4, 0.5) is 0 Å². The number of hydrogen-bond donors (Lipinski definition) is 0. The molecule has 2 nitrogen and oxygen atoms in total. The zero-order chi connectivity index (χ0) is 11.1. The van der Waals surface area contributed by atoms with Crippen LogP contribution in [0.3, 0.4) is 0 Å². The van der Waals surface area contributed by atoms with Gasteiger partial charge in [-0.1, -0.05) is 36.7 Å². The molecule has 17 heavy (non-hydrogen) atoms. The summed E-state index contributed by atoms with van der Waals surface area (Å²) >= 11 is 0. The molecule has 0 spiro atoms. The Labute approximate surface area is 111 Å². The number of fused-ring (bicyclic) bond motifs is 1. The summed E-state index contributed by atoms with van der Waals surface area (Å²) < 4.78 is 0. The molecule has 0 N–H and O–H groups in total. The van der Waals surface area contributed by atoms with Crippen molar-refractivity contribution in [3.8, 4) is 0 Å². The maximum absolute atomic E-state index is 4.18. The molecule has 0 saturated carbocycles. The SMILES string of the molecule is [Cu+].[c-]1ccccn1.c1ccc2ncccc2c1. The van der Waals surface area contributed by atoms with Crippen LogP contribution in [0.15, 0.2) is 67.0 Å². The molecule has 3 heteroatoms. The van der Waals surface area contributed by atoms with Gasteiger partial charge in [0.1, 0.15) is 0 Å². The molecule has 0 saturated heterocycles. The third-order valence-corrected chi connectivity index (χ3v) is 2.03. The van der Waals surface area contributed by atoms with Gasteiger partial charge in [-0.2, -0.15) is 18.2 Å². The fourth-order valence-electron chi connectivity index (χ4n) is 1.29. The van der Waals surface area contributed by atoms with Crippen molar-refractivity contribution in [1.29, 1.82) is 0 Å². The number of rotatable bonds is 0. The van der Waals surface area contributed by atoms with E-state index in [0.29, 0.717) is 0 Å². The van der Waals surface area contributed by atoms with E-state index < -0.39 is 0 Å². The molecule has 0 aliphatic heterocycles. The van der Waals surface area contributed by atoms with E-state index in [2.05, 4.69) is 28.3 Å². The average molecular weight is 271 g/mol. The van der Waals surface area contributed by atoms with Crippen LogP contribution in [0.25, 0.3) is 10.9 Å². The molecule has 0 aliphatic carbocycles. The van der Waals surface area contributed by atoms with Gasteiger partial charge in [0, 0.05) is 11.6 Å². The quantitative estimate of drug-likeness (QED) is 0.463. The molecule has 2 heterocycles. The van der Waals surface area contributed by atoms with Gasteiger partial charge in [0.2, 0.25) is 0 Å². The molecular weight excluding hydrogens is 260 g/mol. The smallest absolute Gasteiger partial charge is 0.394 e. The molecule has 1 aromatic carbocycles. The van der Waals surface area contributed by atoms with Gasteiger partial charge in [-0.25, -0.2) is 0 Å². The molecule has 3 rings (SSSR count). The Hall–Kier alpha value is -1.70. The minimum absolute atomic E-state index is 0. The van der Waals surface area contributed by atoms with Crippen LogP contribution in [0.5, 0.6) is 0 Å². The maximum atomic E-state index is 4.18. The van der Waals surface area contributed by atoms with Crippen molar-refractivity contribution in [3.05, 3.63) is 73.2 Å². The summed E-state index contributed by atoms with van der Waals surface area (Å²) in [6.07, 6.45) is 6.14. The Morgan fingerprint density at radius 1 is 0.824 bits per heavy atom. The Morgan fingerprint density at radius 3 is 2.24 bits per heavy atom. The van der Waals surface area contributed by atoms with Crippen LogP contribution in [0.1, 0.15) is 0 Å². The first-order chi connectivity index (χ1) is 7.97. The summed E-state index contributed by atoms with van der Waals surface area (Å²) in [4.78, 5) is 7.84. The molecule has 0 aliphatic rings. The number of benzene rings is 1. The van der Waals surface area contributed by atoms with Crippen molar-refractivity contribution >= 4 is 10.9 Å². The van der Waals surface area contributed by atoms with E-state index in [9.17, 15) is 0 Å². The number of hydrogen-bond acceptors (Lipinski definition) is 2. The predicted octanol–water partition coefficient (Wildman–Crippen LogP) is 3.11. The van der Waals surface area contributed by atoms with E-state index in [1.165, 1.54) is 5.39 Å². The second-order valence-corrected chi connectivity index (χ2v) is 3.15. The van der Waals surface area contributed by atoms with E-state index in [1.807, 2.05) is 42.6 Å². The monoisotopic (exact) mass is 270 g/mol. The molecule has 0 atom stereocenters. The van der Waals surface area contributed by atoms with Gasteiger partial charge >= 0.3 is 17.1 Å². The van der Waals surface area contributed by atoms with Crippen molar-refractivity contribution < 1.29 is 17.1 Å². The third kappa shape index (κ3) is 4.35. The van der Waals surface area contributed by atoms with Gasteiger partial charge in [0.15, 0.2) is 0 Å². The van der Waals surface area contributed by atoms with Crippen molar-refractivity contribution in [3.63, 3.8) is 0 Å². The topological polar surface area (TPSA) is 25.8 Å². The second kappa shape index (κ2) is 7.55. The third-order valence-electron chi connectivity index (χ3n) is 2.03. The fourth-order valence-corrected chi connectivity index (χ4v) is 1.29. The van der Waals surface area contributed by atoms with Gasteiger partial charge in [0.05, 0.1) is 5.52 Å². The van der Waals surface area contributed by atoms with Gasteiger partial charge in [-0.15, -0.1) is 0 Å². The van der Waals surface area contributed by atoms with Crippen molar-refractivity contribution in [2.24, 2.45) is 0 Å². The summed E-state index contributed by atoms with van der Waals surface area (Å²) in [5.74, 6) is 0. The summed E-state index contributed by atoms with van der Waals surface area (Å²) in [6.45, 7) is 0. The molecule has 0 radical (unpaired) electrons. The Morgan fingerprint density at radius 2 is 1.65 bits per heavy atom. The first kappa shape index (κ1) is 13.4. The summed E-state index contributed by atoms with van der Waals surface area (Å²) in [6, 6.07) is 17.6. The van der Waals surface area contributed by atoms with Gasteiger partial charge in [-0.3, -0.25) is 4.98 Å². The number of aromatic nitrogens is 2. The second-order valence-electron chi connectivity index (χ2n) is 3.15. The van der Waals surface area contributed by atoms with Crippen molar-refractivity contribution in [2.75, 3.05) is 0 Å². The van der Waals surface area contributed by atoms with Gasteiger partial charge in [0.25, 0.3) is 0 Å². The molecule has 2 aromatic heterocycles. The normalized spacial score (nSPS) is 8.71. The van der Waals surface area contributed by atoms with Crippen LogP contribution < -0.4 is 0 Å².